The van der Waals surface area contributed by atoms with Crippen LogP contribution in [0.5, 0.6) is 0 Å². The number of benzene rings is 1. The monoisotopic (exact) mass is 486 g/mol. The van der Waals surface area contributed by atoms with E-state index in [0.717, 1.165) is 16.5 Å². The van der Waals surface area contributed by atoms with Gasteiger partial charge >= 0.3 is 5.97 Å². The highest BCUT2D eigenvalue weighted by molar-refractivity contribution is 5.93. The third-order valence-electron chi connectivity index (χ3n) is 6.04. The van der Waals surface area contributed by atoms with E-state index < -0.39 is 54.3 Å². The van der Waals surface area contributed by atoms with Gasteiger partial charge in [0.25, 0.3) is 0 Å². The molecule has 1 aliphatic rings. The van der Waals surface area contributed by atoms with Gasteiger partial charge in [-0.1, -0.05) is 18.2 Å². The lowest BCUT2D eigenvalue weighted by atomic mass is 10.0. The van der Waals surface area contributed by atoms with Gasteiger partial charge in [-0.15, -0.1) is 0 Å². The molecule has 188 valence electrons. The molecule has 1 aliphatic heterocycles. The molecule has 4 amide bonds. The number of para-hydroxylation sites is 1. The van der Waals surface area contributed by atoms with Crippen LogP contribution in [-0.4, -0.2) is 75.8 Å². The first-order valence-corrected chi connectivity index (χ1v) is 11.4. The fourth-order valence-electron chi connectivity index (χ4n) is 4.17. The minimum atomic E-state index is -1.15. The maximum Gasteiger partial charge on any atom is 0.326 e. The third-order valence-corrected chi connectivity index (χ3v) is 6.04. The Labute approximate surface area is 201 Å². The number of nitrogens with one attached hydrogen (secondary N) is 3. The number of hydrogen-bond donors (Lipinski definition) is 6. The summed E-state index contributed by atoms with van der Waals surface area (Å²) in [7, 11) is 0. The van der Waals surface area contributed by atoms with Crippen molar-refractivity contribution in [2.24, 2.45) is 11.5 Å². The van der Waals surface area contributed by atoms with Crippen molar-refractivity contribution in [3.05, 3.63) is 36.0 Å². The van der Waals surface area contributed by atoms with Crippen LogP contribution >= 0.6 is 0 Å². The molecule has 2 aromatic rings. The number of carbonyl (C=O) groups is 5. The Hall–Kier alpha value is -3.93. The summed E-state index contributed by atoms with van der Waals surface area (Å²) >= 11 is 0. The molecule has 0 spiro atoms. The number of aromatic nitrogens is 1. The van der Waals surface area contributed by atoms with Crippen LogP contribution in [0.2, 0.25) is 0 Å². The molecule has 3 atom stereocenters. The number of fused-ring (bicyclic) bond motifs is 1. The minimum Gasteiger partial charge on any atom is -0.480 e. The standard InChI is InChI=1S/C23H30N6O6/c24-15(10-13-11-26-16-5-2-1-4-14(13)16)21(32)28-17(7-8-19(25)30)22(33)27-12-20(31)29-9-3-6-18(29)23(34)35/h1-2,4-5,11,15,17-18,26H,3,6-10,12,24H2,(H2,25,30)(H,27,33)(H,28,32)(H,34,35). The molecule has 0 radical (unpaired) electrons. The first-order chi connectivity index (χ1) is 16.7. The number of aliphatic carboxylic acids is 1. The van der Waals surface area contributed by atoms with Gasteiger partial charge in [0, 0.05) is 30.1 Å². The first-order valence-electron chi connectivity index (χ1n) is 11.4. The number of carboxylic acids is 1. The SMILES string of the molecule is NC(=O)CCC(NC(=O)C(N)Cc1c[nH]c2ccccc12)C(=O)NCC(=O)N1CCCC1C(=O)O. The highest BCUT2D eigenvalue weighted by Crippen LogP contribution is 2.19. The zero-order chi connectivity index (χ0) is 25.5. The summed E-state index contributed by atoms with van der Waals surface area (Å²) in [5.74, 6) is -3.59. The lowest BCUT2D eigenvalue weighted by molar-refractivity contribution is -0.148. The molecule has 1 aromatic heterocycles. The van der Waals surface area contributed by atoms with Crippen LogP contribution < -0.4 is 22.1 Å². The molecule has 3 unspecified atom stereocenters. The smallest absolute Gasteiger partial charge is 0.326 e. The zero-order valence-electron chi connectivity index (χ0n) is 19.2. The Balaban J connectivity index is 1.60. The van der Waals surface area contributed by atoms with E-state index in [1.54, 1.807) is 6.20 Å². The second-order valence-electron chi connectivity index (χ2n) is 8.54. The number of nitrogens with zero attached hydrogens (tertiary/aromatic N) is 1. The quantitative estimate of drug-likeness (QED) is 0.233. The fraction of sp³-hybridized carbons (Fsp3) is 0.435. The number of nitrogens with two attached hydrogens (primary N) is 2. The summed E-state index contributed by atoms with van der Waals surface area (Å²) in [4.78, 5) is 64.8. The van der Waals surface area contributed by atoms with E-state index in [9.17, 15) is 29.1 Å². The Morgan fingerprint density at radius 1 is 1.17 bits per heavy atom. The molecule has 8 N–H and O–H groups in total. The molecule has 0 saturated carbocycles. The van der Waals surface area contributed by atoms with Gasteiger partial charge in [0.2, 0.25) is 23.6 Å². The van der Waals surface area contributed by atoms with Crippen molar-refractivity contribution in [3.8, 4) is 0 Å². The Bertz CT molecular complexity index is 1110. The van der Waals surface area contributed by atoms with E-state index in [1.807, 2.05) is 24.3 Å². The second kappa shape index (κ2) is 11.5. The molecule has 12 heteroatoms. The van der Waals surface area contributed by atoms with E-state index in [-0.39, 0.29) is 25.8 Å². The topological polar surface area (TPSA) is 201 Å². The predicted molar refractivity (Wildman–Crippen MR) is 126 cm³/mol. The van der Waals surface area contributed by atoms with E-state index in [0.29, 0.717) is 12.8 Å². The molecule has 1 saturated heterocycles. The summed E-state index contributed by atoms with van der Waals surface area (Å²) in [5.41, 5.74) is 13.0. The van der Waals surface area contributed by atoms with Crippen LogP contribution in [0.15, 0.2) is 30.5 Å². The van der Waals surface area contributed by atoms with Crippen molar-refractivity contribution in [1.82, 2.24) is 20.5 Å². The van der Waals surface area contributed by atoms with Gasteiger partial charge in [-0.25, -0.2) is 4.79 Å². The minimum absolute atomic E-state index is 0.0810. The number of rotatable bonds is 11. The highest BCUT2D eigenvalue weighted by Gasteiger charge is 2.34. The Morgan fingerprint density at radius 2 is 1.91 bits per heavy atom. The number of likely N-dealkylation sites (tertiary alicyclic amines) is 1. The number of carboxylic acid groups (broad SMARTS) is 1. The van der Waals surface area contributed by atoms with Crippen molar-refractivity contribution in [3.63, 3.8) is 0 Å². The molecular weight excluding hydrogens is 456 g/mol. The summed E-state index contributed by atoms with van der Waals surface area (Å²) < 4.78 is 0. The number of amides is 4. The third kappa shape index (κ3) is 6.57. The average Bonchev–Trinajstić information content (AvgIpc) is 3.47. The van der Waals surface area contributed by atoms with Crippen molar-refractivity contribution in [1.29, 1.82) is 0 Å². The van der Waals surface area contributed by atoms with Crippen LogP contribution in [0, 0.1) is 0 Å². The van der Waals surface area contributed by atoms with Crippen LogP contribution in [0.25, 0.3) is 10.9 Å². The average molecular weight is 487 g/mol. The largest absolute Gasteiger partial charge is 0.480 e. The van der Waals surface area contributed by atoms with Crippen LogP contribution in [0.4, 0.5) is 0 Å². The van der Waals surface area contributed by atoms with Gasteiger partial charge in [-0.2, -0.15) is 0 Å². The molecule has 3 rings (SSSR count). The van der Waals surface area contributed by atoms with E-state index in [2.05, 4.69) is 15.6 Å². The van der Waals surface area contributed by atoms with Crippen molar-refractivity contribution in [2.75, 3.05) is 13.1 Å². The summed E-state index contributed by atoms with van der Waals surface area (Å²) in [6.45, 7) is -0.150. The predicted octanol–water partition coefficient (Wildman–Crippen LogP) is -1.02. The lowest BCUT2D eigenvalue weighted by Gasteiger charge is -2.23. The van der Waals surface area contributed by atoms with E-state index in [4.69, 9.17) is 11.5 Å². The highest BCUT2D eigenvalue weighted by atomic mass is 16.4. The van der Waals surface area contributed by atoms with Crippen LogP contribution in [0.3, 0.4) is 0 Å². The van der Waals surface area contributed by atoms with E-state index >= 15 is 0 Å². The number of aromatic amines is 1. The first kappa shape index (κ1) is 25.7. The molecule has 12 nitrogen and oxygen atoms in total. The van der Waals surface area contributed by atoms with Crippen molar-refractivity contribution < 1.29 is 29.1 Å². The Morgan fingerprint density at radius 3 is 2.63 bits per heavy atom. The van der Waals surface area contributed by atoms with Gasteiger partial charge in [0.15, 0.2) is 0 Å². The second-order valence-corrected chi connectivity index (χ2v) is 8.54. The van der Waals surface area contributed by atoms with Gasteiger partial charge in [0.05, 0.1) is 12.6 Å². The number of H-pyrrole nitrogens is 1. The number of hydrogen-bond acceptors (Lipinski definition) is 6. The van der Waals surface area contributed by atoms with Crippen LogP contribution in [-0.2, 0) is 30.4 Å². The van der Waals surface area contributed by atoms with Crippen LogP contribution in [0.1, 0.15) is 31.2 Å². The molecule has 2 heterocycles. The number of carbonyl (C=O) groups excluding carboxylic acids is 4. The maximum atomic E-state index is 12.7. The van der Waals surface area contributed by atoms with Gasteiger partial charge < -0.3 is 37.1 Å². The zero-order valence-corrected chi connectivity index (χ0v) is 19.2. The normalized spacial score (nSPS) is 17.1. The fourth-order valence-corrected chi connectivity index (χ4v) is 4.17. The Kier molecular flexibility index (Phi) is 8.42. The molecule has 1 aromatic carbocycles. The lowest BCUT2D eigenvalue weighted by Crippen LogP contribution is -2.54. The maximum absolute atomic E-state index is 12.7. The molecule has 0 aliphatic carbocycles. The summed E-state index contributed by atoms with van der Waals surface area (Å²) in [6, 6.07) is 4.52. The van der Waals surface area contributed by atoms with Gasteiger partial charge in [-0.3, -0.25) is 19.2 Å². The molecule has 1 fully saturated rings. The molecule has 0 bridgehead atoms. The molecule has 35 heavy (non-hydrogen) atoms. The summed E-state index contributed by atoms with van der Waals surface area (Å²) in [6.07, 6.45) is 2.63. The van der Waals surface area contributed by atoms with Gasteiger partial charge in [-0.05, 0) is 37.3 Å². The van der Waals surface area contributed by atoms with Crippen molar-refractivity contribution >= 4 is 40.5 Å². The molecular formula is C23H30N6O6. The van der Waals surface area contributed by atoms with E-state index in [1.165, 1.54) is 4.90 Å². The van der Waals surface area contributed by atoms with Gasteiger partial charge in [0.1, 0.15) is 12.1 Å². The van der Waals surface area contributed by atoms with Crippen molar-refractivity contribution in [2.45, 2.75) is 50.2 Å². The summed E-state index contributed by atoms with van der Waals surface area (Å²) in [5, 5.41) is 15.1. The number of primary amides is 1.